The molecule has 2 saturated heterocycles. The number of piperazine rings is 1. The standard InChI is InChI=1S/C15H22N6O3S/c1-10-16-17-14(25-10)21-9-11(8-12(21)22)13(23)19-4-6-20(7-5-19)15(24)18(2)3/h11H,4-9H2,1-3H3. The Hall–Kier alpha value is -2.23. The Morgan fingerprint density at radius 1 is 1.12 bits per heavy atom. The average molecular weight is 366 g/mol. The number of rotatable bonds is 2. The normalized spacial score (nSPS) is 21.0. The molecule has 1 aromatic heterocycles. The van der Waals surface area contributed by atoms with Crippen LogP contribution >= 0.6 is 11.3 Å². The Labute approximate surface area is 150 Å². The van der Waals surface area contributed by atoms with Crippen LogP contribution in [0.3, 0.4) is 0 Å². The molecule has 1 atom stereocenters. The minimum absolute atomic E-state index is 0.0194. The van der Waals surface area contributed by atoms with Gasteiger partial charge in [-0.3, -0.25) is 14.5 Å². The fraction of sp³-hybridized carbons (Fsp3) is 0.667. The van der Waals surface area contributed by atoms with Crippen LogP contribution in [0, 0.1) is 12.8 Å². The summed E-state index contributed by atoms with van der Waals surface area (Å²) in [6.45, 7) is 4.22. The number of aromatic nitrogens is 2. The van der Waals surface area contributed by atoms with Gasteiger partial charge in [0.2, 0.25) is 16.9 Å². The number of anilines is 1. The molecule has 25 heavy (non-hydrogen) atoms. The fourth-order valence-electron chi connectivity index (χ4n) is 3.11. The van der Waals surface area contributed by atoms with Crippen LogP contribution in [0.4, 0.5) is 9.93 Å². The number of carbonyl (C=O) groups excluding carboxylic acids is 3. The van der Waals surface area contributed by atoms with Crippen molar-refractivity contribution in [3.63, 3.8) is 0 Å². The Balaban J connectivity index is 1.58. The average Bonchev–Trinajstić information content (AvgIpc) is 3.19. The molecule has 0 aromatic carbocycles. The molecule has 2 fully saturated rings. The lowest BCUT2D eigenvalue weighted by Crippen LogP contribution is -2.54. The van der Waals surface area contributed by atoms with Gasteiger partial charge in [-0.05, 0) is 6.92 Å². The van der Waals surface area contributed by atoms with Crippen LogP contribution in [0.5, 0.6) is 0 Å². The summed E-state index contributed by atoms with van der Waals surface area (Å²) in [6.07, 6.45) is 0.203. The molecular formula is C15H22N6O3S. The van der Waals surface area contributed by atoms with Crippen molar-refractivity contribution in [2.24, 2.45) is 5.92 Å². The molecule has 3 rings (SSSR count). The summed E-state index contributed by atoms with van der Waals surface area (Å²) in [4.78, 5) is 43.5. The fourth-order valence-corrected chi connectivity index (χ4v) is 3.83. The zero-order valence-electron chi connectivity index (χ0n) is 14.6. The SMILES string of the molecule is Cc1nnc(N2CC(C(=O)N3CCN(C(=O)N(C)C)CC3)CC2=O)s1. The molecule has 2 aliphatic heterocycles. The van der Waals surface area contributed by atoms with Crippen molar-refractivity contribution in [2.75, 3.05) is 51.7 Å². The van der Waals surface area contributed by atoms with E-state index >= 15 is 0 Å². The zero-order valence-corrected chi connectivity index (χ0v) is 15.5. The molecular weight excluding hydrogens is 344 g/mol. The number of aryl methyl sites for hydroxylation is 1. The Bertz CT molecular complexity index is 683. The largest absolute Gasteiger partial charge is 0.339 e. The van der Waals surface area contributed by atoms with Crippen LogP contribution < -0.4 is 4.90 Å². The topological polar surface area (TPSA) is 90.0 Å². The van der Waals surface area contributed by atoms with Crippen molar-refractivity contribution in [1.29, 1.82) is 0 Å². The van der Waals surface area contributed by atoms with E-state index in [2.05, 4.69) is 10.2 Å². The molecule has 9 nitrogen and oxygen atoms in total. The van der Waals surface area contributed by atoms with Gasteiger partial charge in [0, 0.05) is 53.2 Å². The van der Waals surface area contributed by atoms with Gasteiger partial charge < -0.3 is 14.7 Å². The molecule has 0 radical (unpaired) electrons. The predicted molar refractivity (Wildman–Crippen MR) is 92.3 cm³/mol. The van der Waals surface area contributed by atoms with E-state index in [1.165, 1.54) is 16.2 Å². The molecule has 136 valence electrons. The molecule has 3 heterocycles. The van der Waals surface area contributed by atoms with Crippen LogP contribution in [0.15, 0.2) is 0 Å². The molecule has 1 aromatic rings. The second kappa shape index (κ2) is 6.95. The van der Waals surface area contributed by atoms with E-state index in [0.717, 1.165) is 5.01 Å². The molecule has 2 aliphatic rings. The number of hydrogen-bond acceptors (Lipinski definition) is 6. The van der Waals surface area contributed by atoms with Gasteiger partial charge in [-0.15, -0.1) is 10.2 Å². The zero-order chi connectivity index (χ0) is 18.1. The van der Waals surface area contributed by atoms with Gasteiger partial charge in [0.15, 0.2) is 0 Å². The van der Waals surface area contributed by atoms with Crippen molar-refractivity contribution in [1.82, 2.24) is 24.9 Å². The Morgan fingerprint density at radius 3 is 2.32 bits per heavy atom. The highest BCUT2D eigenvalue weighted by atomic mass is 32.1. The van der Waals surface area contributed by atoms with E-state index in [4.69, 9.17) is 0 Å². The van der Waals surface area contributed by atoms with Crippen LogP contribution in [0.2, 0.25) is 0 Å². The van der Waals surface area contributed by atoms with Gasteiger partial charge in [-0.2, -0.15) is 0 Å². The third kappa shape index (κ3) is 3.58. The molecule has 10 heteroatoms. The lowest BCUT2D eigenvalue weighted by molar-refractivity contribution is -0.137. The first-order chi connectivity index (χ1) is 11.9. The number of urea groups is 1. The Kier molecular flexibility index (Phi) is 4.89. The van der Waals surface area contributed by atoms with Crippen molar-refractivity contribution < 1.29 is 14.4 Å². The lowest BCUT2D eigenvalue weighted by Gasteiger charge is -2.36. The Morgan fingerprint density at radius 2 is 1.76 bits per heavy atom. The van der Waals surface area contributed by atoms with Gasteiger partial charge >= 0.3 is 6.03 Å². The highest BCUT2D eigenvalue weighted by Crippen LogP contribution is 2.28. The van der Waals surface area contributed by atoms with E-state index in [9.17, 15) is 14.4 Å². The van der Waals surface area contributed by atoms with E-state index in [0.29, 0.717) is 37.9 Å². The van der Waals surface area contributed by atoms with Crippen molar-refractivity contribution >= 4 is 34.3 Å². The maximum absolute atomic E-state index is 12.7. The minimum Gasteiger partial charge on any atom is -0.339 e. The van der Waals surface area contributed by atoms with Crippen LogP contribution in [-0.2, 0) is 9.59 Å². The maximum Gasteiger partial charge on any atom is 0.319 e. The molecule has 0 bridgehead atoms. The molecule has 1 unspecified atom stereocenters. The van der Waals surface area contributed by atoms with Crippen LogP contribution in [-0.4, -0.2) is 89.6 Å². The second-order valence-corrected chi connectivity index (χ2v) is 7.66. The number of hydrogen-bond donors (Lipinski definition) is 0. The summed E-state index contributed by atoms with van der Waals surface area (Å²) in [7, 11) is 3.43. The number of amides is 4. The van der Waals surface area contributed by atoms with E-state index < -0.39 is 0 Å². The molecule has 0 aliphatic carbocycles. The van der Waals surface area contributed by atoms with Gasteiger partial charge in [0.1, 0.15) is 5.01 Å². The number of nitrogens with zero attached hydrogens (tertiary/aromatic N) is 6. The first kappa shape index (κ1) is 17.6. The minimum atomic E-state index is -0.354. The third-order valence-corrected chi connectivity index (χ3v) is 5.33. The molecule has 0 saturated carbocycles. The van der Waals surface area contributed by atoms with E-state index in [-0.39, 0.29) is 30.2 Å². The van der Waals surface area contributed by atoms with Crippen molar-refractivity contribution in [3.05, 3.63) is 5.01 Å². The summed E-state index contributed by atoms with van der Waals surface area (Å²) in [5, 5.41) is 9.28. The van der Waals surface area contributed by atoms with Gasteiger partial charge in [-0.25, -0.2) is 4.79 Å². The van der Waals surface area contributed by atoms with Crippen LogP contribution in [0.25, 0.3) is 0 Å². The molecule has 4 amide bonds. The predicted octanol–water partition coefficient (Wildman–Crippen LogP) is 0.0252. The molecule has 0 spiro atoms. The van der Waals surface area contributed by atoms with Gasteiger partial charge in [0.25, 0.3) is 0 Å². The van der Waals surface area contributed by atoms with E-state index in [1.807, 2.05) is 6.92 Å². The first-order valence-electron chi connectivity index (χ1n) is 8.22. The summed E-state index contributed by atoms with van der Waals surface area (Å²) < 4.78 is 0. The smallest absolute Gasteiger partial charge is 0.319 e. The molecule has 0 N–H and O–H groups in total. The maximum atomic E-state index is 12.7. The summed E-state index contributed by atoms with van der Waals surface area (Å²) in [6, 6.07) is -0.0408. The number of carbonyl (C=O) groups is 3. The monoisotopic (exact) mass is 366 g/mol. The second-order valence-electron chi connectivity index (χ2n) is 6.50. The van der Waals surface area contributed by atoms with Crippen molar-refractivity contribution in [3.8, 4) is 0 Å². The van der Waals surface area contributed by atoms with Crippen LogP contribution in [0.1, 0.15) is 11.4 Å². The third-order valence-electron chi connectivity index (χ3n) is 4.46. The highest BCUT2D eigenvalue weighted by molar-refractivity contribution is 7.15. The van der Waals surface area contributed by atoms with Gasteiger partial charge in [-0.1, -0.05) is 11.3 Å². The van der Waals surface area contributed by atoms with Crippen molar-refractivity contribution in [2.45, 2.75) is 13.3 Å². The van der Waals surface area contributed by atoms with Gasteiger partial charge in [0.05, 0.1) is 5.92 Å². The summed E-state index contributed by atoms with van der Waals surface area (Å²) in [5.41, 5.74) is 0. The summed E-state index contributed by atoms with van der Waals surface area (Å²) >= 11 is 1.35. The lowest BCUT2D eigenvalue weighted by atomic mass is 10.1. The highest BCUT2D eigenvalue weighted by Gasteiger charge is 2.39. The first-order valence-corrected chi connectivity index (χ1v) is 9.04. The summed E-state index contributed by atoms with van der Waals surface area (Å²) in [5.74, 6) is -0.460. The quantitative estimate of drug-likeness (QED) is 0.736. The van der Waals surface area contributed by atoms with E-state index in [1.54, 1.807) is 28.8 Å².